The molecule has 0 spiro atoms. The number of piperazine rings is 1. The Morgan fingerprint density at radius 1 is 0.871 bits per heavy atom. The number of nitrogens with zero attached hydrogens (tertiary/aromatic N) is 3. The monoisotopic (exact) mass is 422 g/mol. The van der Waals surface area contributed by atoms with Gasteiger partial charge in [-0.3, -0.25) is 14.6 Å². The molecule has 8 nitrogen and oxygen atoms in total. The van der Waals surface area contributed by atoms with Crippen LogP contribution in [0.4, 0.5) is 4.79 Å². The molecule has 3 aliphatic heterocycles. The van der Waals surface area contributed by atoms with Crippen LogP contribution in [0.1, 0.15) is 11.1 Å². The van der Waals surface area contributed by atoms with Crippen LogP contribution in [0.15, 0.2) is 48.5 Å². The van der Waals surface area contributed by atoms with Crippen molar-refractivity contribution in [2.45, 2.75) is 19.0 Å². The van der Waals surface area contributed by atoms with Gasteiger partial charge in [0, 0.05) is 39.1 Å². The summed E-state index contributed by atoms with van der Waals surface area (Å²) in [5, 5.41) is 2.83. The predicted octanol–water partition coefficient (Wildman–Crippen LogP) is 1.65. The van der Waals surface area contributed by atoms with Crippen LogP contribution in [0.3, 0.4) is 0 Å². The molecule has 3 amide bonds. The van der Waals surface area contributed by atoms with Gasteiger partial charge >= 0.3 is 6.03 Å². The molecule has 1 atom stereocenters. The van der Waals surface area contributed by atoms with Crippen molar-refractivity contribution in [1.82, 2.24) is 20.0 Å². The lowest BCUT2D eigenvalue weighted by molar-refractivity contribution is -0.129. The minimum absolute atomic E-state index is 0.142. The fourth-order valence-electron chi connectivity index (χ4n) is 4.29. The van der Waals surface area contributed by atoms with Gasteiger partial charge in [0.1, 0.15) is 6.04 Å². The number of benzene rings is 2. The molecule has 3 aliphatic rings. The summed E-state index contributed by atoms with van der Waals surface area (Å²) in [6.07, 6.45) is 0.519. The molecule has 8 heteroatoms. The maximum Gasteiger partial charge on any atom is 0.325 e. The Labute approximate surface area is 181 Å². The number of nitrogens with one attached hydrogen (secondary N) is 1. The molecule has 0 radical (unpaired) electrons. The van der Waals surface area contributed by atoms with Gasteiger partial charge in [0.05, 0.1) is 6.67 Å². The standard InChI is InChI=1S/C23H26N4O4/c28-22-19(12-17-4-2-1-3-5-17)24-23(29)27(22)15-26-10-8-25(9-11-26)14-18-6-7-20-21(13-18)31-16-30-20/h1-7,13,19H,8-12,14-16H2,(H,24,29). The summed E-state index contributed by atoms with van der Waals surface area (Å²) in [7, 11) is 0. The van der Waals surface area contributed by atoms with Crippen molar-refractivity contribution in [3.05, 3.63) is 59.7 Å². The van der Waals surface area contributed by atoms with E-state index in [4.69, 9.17) is 9.47 Å². The average molecular weight is 422 g/mol. The van der Waals surface area contributed by atoms with Gasteiger partial charge in [-0.05, 0) is 23.3 Å². The second-order valence-corrected chi connectivity index (χ2v) is 8.18. The molecule has 0 saturated carbocycles. The van der Waals surface area contributed by atoms with E-state index < -0.39 is 6.04 Å². The fourth-order valence-corrected chi connectivity index (χ4v) is 4.29. The normalized spacial score (nSPS) is 21.5. The Morgan fingerprint density at radius 3 is 2.42 bits per heavy atom. The van der Waals surface area contributed by atoms with E-state index in [9.17, 15) is 9.59 Å². The number of hydrogen-bond donors (Lipinski definition) is 1. The number of amides is 3. The molecule has 0 aliphatic carbocycles. The molecule has 2 fully saturated rings. The van der Waals surface area contributed by atoms with Gasteiger partial charge < -0.3 is 14.8 Å². The van der Waals surface area contributed by atoms with Crippen LogP contribution in [0.2, 0.25) is 0 Å². The highest BCUT2D eigenvalue weighted by Crippen LogP contribution is 2.32. The van der Waals surface area contributed by atoms with Crippen LogP contribution in [-0.4, -0.2) is 72.3 Å². The Morgan fingerprint density at radius 2 is 1.61 bits per heavy atom. The largest absolute Gasteiger partial charge is 0.454 e. The number of carbonyl (C=O) groups is 2. The summed E-state index contributed by atoms with van der Waals surface area (Å²) in [6, 6.07) is 15.1. The average Bonchev–Trinajstić information content (AvgIpc) is 3.35. The van der Waals surface area contributed by atoms with E-state index in [0.29, 0.717) is 13.1 Å². The van der Waals surface area contributed by atoms with Crippen LogP contribution in [-0.2, 0) is 17.8 Å². The number of carbonyl (C=O) groups excluding carboxylic acids is 2. The third-order valence-corrected chi connectivity index (χ3v) is 6.04. The highest BCUT2D eigenvalue weighted by atomic mass is 16.7. The van der Waals surface area contributed by atoms with E-state index in [0.717, 1.165) is 49.8 Å². The fraction of sp³-hybridized carbons (Fsp3) is 0.391. The molecule has 0 aromatic heterocycles. The van der Waals surface area contributed by atoms with E-state index in [1.54, 1.807) is 0 Å². The lowest BCUT2D eigenvalue weighted by Gasteiger charge is -2.36. The second kappa shape index (κ2) is 8.56. The number of rotatable bonds is 6. The molecule has 0 bridgehead atoms. The van der Waals surface area contributed by atoms with Crippen molar-refractivity contribution in [3.63, 3.8) is 0 Å². The number of ether oxygens (including phenoxy) is 2. The number of imide groups is 1. The molecule has 1 N–H and O–H groups in total. The molecule has 5 rings (SSSR count). The Kier molecular flexibility index (Phi) is 5.48. The SMILES string of the molecule is O=C1NC(Cc2ccccc2)C(=O)N1CN1CCN(Cc2ccc3c(c2)OCO3)CC1. The minimum atomic E-state index is -0.484. The van der Waals surface area contributed by atoms with E-state index in [1.807, 2.05) is 42.5 Å². The number of urea groups is 1. The van der Waals surface area contributed by atoms with Crippen LogP contribution in [0.25, 0.3) is 0 Å². The zero-order chi connectivity index (χ0) is 21.2. The van der Waals surface area contributed by atoms with E-state index in [-0.39, 0.29) is 18.7 Å². The topological polar surface area (TPSA) is 74.4 Å². The van der Waals surface area contributed by atoms with Crippen molar-refractivity contribution >= 4 is 11.9 Å². The van der Waals surface area contributed by atoms with Gasteiger partial charge in [0.25, 0.3) is 5.91 Å². The quantitative estimate of drug-likeness (QED) is 0.714. The second-order valence-electron chi connectivity index (χ2n) is 8.18. The minimum Gasteiger partial charge on any atom is -0.454 e. The third kappa shape index (κ3) is 4.35. The first-order valence-electron chi connectivity index (χ1n) is 10.6. The van der Waals surface area contributed by atoms with Crippen LogP contribution in [0.5, 0.6) is 11.5 Å². The first-order valence-corrected chi connectivity index (χ1v) is 10.6. The molecule has 2 saturated heterocycles. The van der Waals surface area contributed by atoms with E-state index in [2.05, 4.69) is 21.2 Å². The molecule has 3 heterocycles. The predicted molar refractivity (Wildman–Crippen MR) is 114 cm³/mol. The number of hydrogen-bond acceptors (Lipinski definition) is 6. The molecule has 2 aromatic carbocycles. The number of fused-ring (bicyclic) bond motifs is 1. The Bertz CT molecular complexity index is 959. The Hall–Kier alpha value is -3.10. The third-order valence-electron chi connectivity index (χ3n) is 6.04. The van der Waals surface area contributed by atoms with Crippen LogP contribution >= 0.6 is 0 Å². The summed E-state index contributed by atoms with van der Waals surface area (Å²) < 4.78 is 10.8. The molecule has 2 aromatic rings. The van der Waals surface area contributed by atoms with Crippen LogP contribution < -0.4 is 14.8 Å². The van der Waals surface area contributed by atoms with Crippen molar-refractivity contribution < 1.29 is 19.1 Å². The lowest BCUT2D eigenvalue weighted by atomic mass is 10.1. The van der Waals surface area contributed by atoms with Crippen molar-refractivity contribution in [3.8, 4) is 11.5 Å². The van der Waals surface area contributed by atoms with Gasteiger partial charge in [-0.1, -0.05) is 36.4 Å². The van der Waals surface area contributed by atoms with Crippen molar-refractivity contribution in [2.75, 3.05) is 39.6 Å². The first kappa shape index (κ1) is 19.8. The summed E-state index contributed by atoms with van der Waals surface area (Å²) in [5.41, 5.74) is 2.23. The smallest absolute Gasteiger partial charge is 0.325 e. The Balaban J connectivity index is 1.12. The highest BCUT2D eigenvalue weighted by molar-refractivity contribution is 6.04. The maximum atomic E-state index is 12.8. The van der Waals surface area contributed by atoms with Crippen molar-refractivity contribution in [1.29, 1.82) is 0 Å². The molecule has 162 valence electrons. The van der Waals surface area contributed by atoms with E-state index >= 15 is 0 Å². The van der Waals surface area contributed by atoms with Crippen LogP contribution in [0, 0.1) is 0 Å². The summed E-state index contributed by atoms with van der Waals surface area (Å²) in [4.78, 5) is 31.1. The zero-order valence-corrected chi connectivity index (χ0v) is 17.3. The summed E-state index contributed by atoms with van der Waals surface area (Å²) in [6.45, 7) is 4.85. The molecular formula is C23H26N4O4. The van der Waals surface area contributed by atoms with Gasteiger partial charge in [-0.15, -0.1) is 0 Å². The molecule has 31 heavy (non-hydrogen) atoms. The van der Waals surface area contributed by atoms with E-state index in [1.165, 1.54) is 10.5 Å². The zero-order valence-electron chi connectivity index (χ0n) is 17.3. The molecular weight excluding hydrogens is 396 g/mol. The molecule has 1 unspecified atom stereocenters. The lowest BCUT2D eigenvalue weighted by Crippen LogP contribution is -2.51. The van der Waals surface area contributed by atoms with Gasteiger partial charge in [-0.2, -0.15) is 0 Å². The maximum absolute atomic E-state index is 12.8. The van der Waals surface area contributed by atoms with Gasteiger partial charge in [-0.25, -0.2) is 9.69 Å². The van der Waals surface area contributed by atoms with Crippen molar-refractivity contribution in [2.24, 2.45) is 0 Å². The first-order chi connectivity index (χ1) is 15.2. The summed E-state index contributed by atoms with van der Waals surface area (Å²) >= 11 is 0. The van der Waals surface area contributed by atoms with Gasteiger partial charge in [0.15, 0.2) is 11.5 Å². The van der Waals surface area contributed by atoms with Gasteiger partial charge in [0.2, 0.25) is 6.79 Å². The highest BCUT2D eigenvalue weighted by Gasteiger charge is 2.39. The summed E-state index contributed by atoms with van der Waals surface area (Å²) in [5.74, 6) is 1.46.